The van der Waals surface area contributed by atoms with Crippen LogP contribution in [0.5, 0.6) is 0 Å². The van der Waals surface area contributed by atoms with Gasteiger partial charge in [0, 0.05) is 9.75 Å². The molecule has 2 aromatic rings. The summed E-state index contributed by atoms with van der Waals surface area (Å²) in [6.07, 6.45) is 3.74. The van der Waals surface area contributed by atoms with Gasteiger partial charge in [-0.2, -0.15) is 0 Å². The number of fused-ring (bicyclic) bond motifs is 1. The van der Waals surface area contributed by atoms with Crippen molar-refractivity contribution in [3.63, 3.8) is 0 Å². The van der Waals surface area contributed by atoms with Crippen molar-refractivity contribution in [2.75, 3.05) is 0 Å². The van der Waals surface area contributed by atoms with Crippen LogP contribution in [0.25, 0.3) is 0 Å². The summed E-state index contributed by atoms with van der Waals surface area (Å²) < 4.78 is 12.9. The molecule has 0 bridgehead atoms. The third kappa shape index (κ3) is 2.18. The topological polar surface area (TPSA) is 0 Å². The Morgan fingerprint density at radius 1 is 1.18 bits per heavy atom. The first-order valence-electron chi connectivity index (χ1n) is 5.75. The Morgan fingerprint density at radius 3 is 2.65 bits per heavy atom. The zero-order valence-corrected chi connectivity index (χ0v) is 11.7. The van der Waals surface area contributed by atoms with E-state index in [4.69, 9.17) is 0 Å². The van der Waals surface area contributed by atoms with E-state index in [1.54, 1.807) is 0 Å². The van der Waals surface area contributed by atoms with Gasteiger partial charge in [0.25, 0.3) is 0 Å². The van der Waals surface area contributed by atoms with Crippen molar-refractivity contribution in [2.24, 2.45) is 0 Å². The molecular weight excluding hydrogens is 299 g/mol. The highest BCUT2D eigenvalue weighted by atomic mass is 79.9. The van der Waals surface area contributed by atoms with E-state index < -0.39 is 0 Å². The normalized spacial score (nSPS) is 15.9. The zero-order valence-electron chi connectivity index (χ0n) is 9.25. The number of hydrogen-bond donors (Lipinski definition) is 0. The molecule has 1 aliphatic rings. The number of aryl methyl sites for hydroxylation is 2. The quantitative estimate of drug-likeness (QED) is 0.695. The molecule has 1 aromatic carbocycles. The lowest BCUT2D eigenvalue weighted by atomic mass is 10.1. The van der Waals surface area contributed by atoms with Gasteiger partial charge in [-0.05, 0) is 48.6 Å². The van der Waals surface area contributed by atoms with Crippen LogP contribution in [0, 0.1) is 5.82 Å². The minimum atomic E-state index is -0.179. The molecule has 0 saturated heterocycles. The summed E-state index contributed by atoms with van der Waals surface area (Å²) in [4.78, 5) is 3.06. The summed E-state index contributed by atoms with van der Waals surface area (Å²) >= 11 is 5.60. The van der Waals surface area contributed by atoms with Crippen LogP contribution >= 0.6 is 27.3 Å². The monoisotopic (exact) mass is 310 g/mol. The lowest BCUT2D eigenvalue weighted by molar-refractivity contribution is 0.627. The van der Waals surface area contributed by atoms with Gasteiger partial charge >= 0.3 is 0 Å². The largest absolute Gasteiger partial charge is 0.207 e. The Hall–Kier alpha value is -0.670. The number of alkyl halides is 1. The van der Waals surface area contributed by atoms with Crippen molar-refractivity contribution in [2.45, 2.75) is 24.1 Å². The molecule has 88 valence electrons. The van der Waals surface area contributed by atoms with Gasteiger partial charge in [0.2, 0.25) is 0 Å². The molecule has 0 N–H and O–H groups in total. The minimum absolute atomic E-state index is 0.179. The van der Waals surface area contributed by atoms with Gasteiger partial charge in [0.15, 0.2) is 0 Å². The molecule has 0 saturated carbocycles. The fourth-order valence-corrected chi connectivity index (χ4v) is 4.25. The molecule has 17 heavy (non-hydrogen) atoms. The molecule has 0 spiro atoms. The summed E-state index contributed by atoms with van der Waals surface area (Å²) in [5, 5.41) is 0. The molecule has 0 aliphatic heterocycles. The molecule has 3 rings (SSSR count). The summed E-state index contributed by atoms with van der Waals surface area (Å²) in [6.45, 7) is 0. The Kier molecular flexibility index (Phi) is 3.05. The van der Waals surface area contributed by atoms with Crippen LogP contribution in [-0.4, -0.2) is 0 Å². The van der Waals surface area contributed by atoms with Gasteiger partial charge in [-0.3, -0.25) is 0 Å². The molecule has 1 atom stereocenters. The van der Waals surface area contributed by atoms with Crippen LogP contribution < -0.4 is 0 Å². The highest BCUT2D eigenvalue weighted by molar-refractivity contribution is 9.09. The van der Waals surface area contributed by atoms with Crippen molar-refractivity contribution >= 4 is 27.3 Å². The standard InChI is InChI=1S/C14H12BrFS/c15-14(9-4-6-11(16)7-5-9)13-8-10-2-1-3-12(10)17-13/h4-8,14H,1-3H2. The third-order valence-corrected chi connectivity index (χ3v) is 5.81. The van der Waals surface area contributed by atoms with E-state index in [1.807, 2.05) is 23.5 Å². The molecule has 1 aromatic heterocycles. The molecule has 3 heteroatoms. The lowest BCUT2D eigenvalue weighted by Gasteiger charge is -2.07. The van der Waals surface area contributed by atoms with Crippen LogP contribution in [0.4, 0.5) is 4.39 Å². The first-order valence-corrected chi connectivity index (χ1v) is 7.48. The average Bonchev–Trinajstić information content (AvgIpc) is 2.89. The maximum atomic E-state index is 12.9. The molecule has 1 unspecified atom stereocenters. The highest BCUT2D eigenvalue weighted by Gasteiger charge is 2.19. The average molecular weight is 311 g/mol. The molecule has 0 fully saturated rings. The second-order valence-corrected chi connectivity index (χ2v) is 6.45. The van der Waals surface area contributed by atoms with E-state index in [-0.39, 0.29) is 10.6 Å². The maximum Gasteiger partial charge on any atom is 0.123 e. The second kappa shape index (κ2) is 4.54. The van der Waals surface area contributed by atoms with E-state index in [0.29, 0.717) is 0 Å². The van der Waals surface area contributed by atoms with E-state index in [2.05, 4.69) is 22.0 Å². The van der Waals surface area contributed by atoms with Crippen molar-refractivity contribution < 1.29 is 4.39 Å². The van der Waals surface area contributed by atoms with E-state index in [9.17, 15) is 4.39 Å². The van der Waals surface area contributed by atoms with Crippen LogP contribution in [0.15, 0.2) is 30.3 Å². The van der Waals surface area contributed by atoms with Crippen molar-refractivity contribution in [3.8, 4) is 0 Å². The number of thiophene rings is 1. The molecular formula is C14H12BrFS. The fourth-order valence-electron chi connectivity index (χ4n) is 2.27. The number of hydrogen-bond acceptors (Lipinski definition) is 1. The Balaban J connectivity index is 1.90. The summed E-state index contributed by atoms with van der Waals surface area (Å²) in [6, 6.07) is 9.03. The van der Waals surface area contributed by atoms with Crippen molar-refractivity contribution in [3.05, 3.63) is 57.0 Å². The summed E-state index contributed by atoms with van der Waals surface area (Å²) in [5.74, 6) is -0.179. The Morgan fingerprint density at radius 2 is 1.94 bits per heavy atom. The molecule has 0 radical (unpaired) electrons. The van der Waals surface area contributed by atoms with Gasteiger partial charge < -0.3 is 0 Å². The predicted octanol–water partition coefficient (Wildman–Crippen LogP) is 4.86. The maximum absolute atomic E-state index is 12.9. The van der Waals surface area contributed by atoms with Gasteiger partial charge in [-0.15, -0.1) is 11.3 Å². The SMILES string of the molecule is Fc1ccc(C(Br)c2cc3c(s2)CCC3)cc1. The van der Waals surface area contributed by atoms with Gasteiger partial charge in [-0.1, -0.05) is 28.1 Å². The van der Waals surface area contributed by atoms with E-state index in [1.165, 1.54) is 46.7 Å². The Bertz CT molecular complexity index is 508. The molecule has 0 nitrogen and oxygen atoms in total. The van der Waals surface area contributed by atoms with E-state index in [0.717, 1.165) is 5.56 Å². The van der Waals surface area contributed by atoms with Crippen LogP contribution in [-0.2, 0) is 12.8 Å². The number of rotatable bonds is 2. The first-order chi connectivity index (χ1) is 8.24. The highest BCUT2D eigenvalue weighted by Crippen LogP contribution is 2.39. The predicted molar refractivity (Wildman–Crippen MR) is 73.5 cm³/mol. The molecule has 1 heterocycles. The second-order valence-electron chi connectivity index (χ2n) is 4.36. The van der Waals surface area contributed by atoms with Gasteiger partial charge in [-0.25, -0.2) is 4.39 Å². The fraction of sp³-hybridized carbons (Fsp3) is 0.286. The lowest BCUT2D eigenvalue weighted by Crippen LogP contribution is -1.89. The van der Waals surface area contributed by atoms with Crippen molar-refractivity contribution in [1.29, 1.82) is 0 Å². The third-order valence-electron chi connectivity index (χ3n) is 3.18. The van der Waals surface area contributed by atoms with Crippen LogP contribution in [0.1, 0.15) is 32.1 Å². The summed E-state index contributed by atoms with van der Waals surface area (Å²) in [5.41, 5.74) is 2.63. The van der Waals surface area contributed by atoms with Crippen molar-refractivity contribution in [1.82, 2.24) is 0 Å². The zero-order chi connectivity index (χ0) is 11.8. The minimum Gasteiger partial charge on any atom is -0.207 e. The smallest absolute Gasteiger partial charge is 0.123 e. The van der Waals surface area contributed by atoms with Gasteiger partial charge in [0.05, 0.1) is 4.83 Å². The van der Waals surface area contributed by atoms with Crippen LogP contribution in [0.3, 0.4) is 0 Å². The molecule has 0 amide bonds. The Labute approximate surface area is 113 Å². The van der Waals surface area contributed by atoms with E-state index >= 15 is 0 Å². The van der Waals surface area contributed by atoms with Gasteiger partial charge in [0.1, 0.15) is 5.82 Å². The summed E-state index contributed by atoms with van der Waals surface area (Å²) in [7, 11) is 0. The first kappa shape index (κ1) is 11.4. The number of benzene rings is 1. The van der Waals surface area contributed by atoms with Crippen LogP contribution in [0.2, 0.25) is 0 Å². The molecule has 1 aliphatic carbocycles. The number of halogens is 2.